The van der Waals surface area contributed by atoms with E-state index in [9.17, 15) is 9.59 Å². The van der Waals surface area contributed by atoms with E-state index in [1.807, 2.05) is 13.8 Å². The van der Waals surface area contributed by atoms with E-state index in [0.29, 0.717) is 6.54 Å². The van der Waals surface area contributed by atoms with E-state index in [-0.39, 0.29) is 12.5 Å². The Morgan fingerprint density at radius 3 is 2.60 bits per heavy atom. The van der Waals surface area contributed by atoms with E-state index in [2.05, 4.69) is 0 Å². The molecule has 0 saturated carbocycles. The van der Waals surface area contributed by atoms with Crippen molar-refractivity contribution in [1.29, 1.82) is 0 Å². The minimum atomic E-state index is -0.947. The number of carboxylic acids is 1. The maximum absolute atomic E-state index is 12.1. The minimum Gasteiger partial charge on any atom is -0.480 e. The van der Waals surface area contributed by atoms with Crippen molar-refractivity contribution in [2.24, 2.45) is 0 Å². The van der Waals surface area contributed by atoms with Crippen LogP contribution in [0.2, 0.25) is 0 Å². The van der Waals surface area contributed by atoms with Crippen LogP contribution in [0.5, 0.6) is 0 Å². The zero-order chi connectivity index (χ0) is 11.5. The zero-order valence-electron chi connectivity index (χ0n) is 9.15. The van der Waals surface area contributed by atoms with Gasteiger partial charge < -0.3 is 10.0 Å². The van der Waals surface area contributed by atoms with E-state index in [1.165, 1.54) is 4.90 Å². The molecule has 1 unspecified atom stereocenters. The van der Waals surface area contributed by atoms with E-state index in [4.69, 9.17) is 5.11 Å². The third-order valence-electron chi connectivity index (χ3n) is 2.67. The predicted molar refractivity (Wildman–Crippen MR) is 60.0 cm³/mol. The van der Waals surface area contributed by atoms with Crippen LogP contribution >= 0.6 is 11.8 Å². The Bertz CT molecular complexity index is 261. The summed E-state index contributed by atoms with van der Waals surface area (Å²) in [5.41, 5.74) is 0. The fourth-order valence-corrected chi connectivity index (χ4v) is 3.05. The van der Waals surface area contributed by atoms with Gasteiger partial charge in [-0.15, -0.1) is 11.8 Å². The predicted octanol–water partition coefficient (Wildman–Crippen LogP) is 1.21. The molecule has 1 N–H and O–H groups in total. The topological polar surface area (TPSA) is 57.6 Å². The third-order valence-corrected chi connectivity index (χ3v) is 4.17. The number of carbonyl (C=O) groups is 2. The van der Waals surface area contributed by atoms with Crippen LogP contribution < -0.4 is 0 Å². The first-order valence-corrected chi connectivity index (χ1v) is 6.13. The molecule has 5 heteroatoms. The summed E-state index contributed by atoms with van der Waals surface area (Å²) >= 11 is 1.64. The molecular weight excluding hydrogens is 214 g/mol. The molecule has 1 aliphatic rings. The summed E-state index contributed by atoms with van der Waals surface area (Å²) in [5.74, 6) is 0.0130. The van der Waals surface area contributed by atoms with Crippen LogP contribution in [0.15, 0.2) is 0 Å². The molecule has 0 aromatic heterocycles. The Morgan fingerprint density at radius 1 is 1.53 bits per heavy atom. The van der Waals surface area contributed by atoms with Gasteiger partial charge in [-0.2, -0.15) is 0 Å². The SMILES string of the molecule is CCN(CC(=O)O)C(=O)C1(C)CCCS1. The molecule has 0 radical (unpaired) electrons. The number of amides is 1. The van der Waals surface area contributed by atoms with Gasteiger partial charge in [0.2, 0.25) is 5.91 Å². The molecule has 15 heavy (non-hydrogen) atoms. The highest BCUT2D eigenvalue weighted by atomic mass is 32.2. The molecule has 86 valence electrons. The molecule has 4 nitrogen and oxygen atoms in total. The van der Waals surface area contributed by atoms with Gasteiger partial charge in [-0.05, 0) is 32.4 Å². The quantitative estimate of drug-likeness (QED) is 0.790. The molecule has 1 rings (SSSR count). The summed E-state index contributed by atoms with van der Waals surface area (Å²) in [4.78, 5) is 24.1. The summed E-state index contributed by atoms with van der Waals surface area (Å²) < 4.78 is -0.397. The zero-order valence-corrected chi connectivity index (χ0v) is 9.97. The molecule has 0 aliphatic carbocycles. The highest BCUT2D eigenvalue weighted by Crippen LogP contribution is 2.39. The van der Waals surface area contributed by atoms with Crippen LogP contribution in [0.3, 0.4) is 0 Å². The lowest BCUT2D eigenvalue weighted by molar-refractivity contribution is -0.145. The second-order valence-electron chi connectivity index (χ2n) is 3.90. The first kappa shape index (κ1) is 12.4. The van der Waals surface area contributed by atoms with Gasteiger partial charge in [0.1, 0.15) is 6.54 Å². The standard InChI is InChI=1S/C10H17NO3S/c1-3-11(7-8(12)13)9(14)10(2)5-4-6-15-10/h3-7H2,1-2H3,(H,12,13). The molecule has 0 aromatic rings. The molecule has 1 heterocycles. The first-order valence-electron chi connectivity index (χ1n) is 5.14. The van der Waals surface area contributed by atoms with Crippen LogP contribution in [-0.2, 0) is 9.59 Å². The molecule has 0 aromatic carbocycles. The molecular formula is C10H17NO3S. The average molecular weight is 231 g/mol. The van der Waals surface area contributed by atoms with Crippen molar-refractivity contribution in [3.8, 4) is 0 Å². The smallest absolute Gasteiger partial charge is 0.323 e. The lowest BCUT2D eigenvalue weighted by Gasteiger charge is -2.29. The Kier molecular flexibility index (Phi) is 4.02. The van der Waals surface area contributed by atoms with Crippen LogP contribution in [0.1, 0.15) is 26.7 Å². The molecule has 1 fully saturated rings. The van der Waals surface area contributed by atoms with Crippen LogP contribution in [-0.4, -0.2) is 45.5 Å². The number of carbonyl (C=O) groups excluding carboxylic acids is 1. The van der Waals surface area contributed by atoms with Crippen LogP contribution in [0, 0.1) is 0 Å². The maximum Gasteiger partial charge on any atom is 0.323 e. The largest absolute Gasteiger partial charge is 0.480 e. The number of nitrogens with zero attached hydrogens (tertiary/aromatic N) is 1. The van der Waals surface area contributed by atoms with Crippen molar-refractivity contribution in [2.45, 2.75) is 31.4 Å². The Morgan fingerprint density at radius 2 is 2.20 bits per heavy atom. The van der Waals surface area contributed by atoms with Crippen molar-refractivity contribution >= 4 is 23.6 Å². The summed E-state index contributed by atoms with van der Waals surface area (Å²) in [6.45, 7) is 3.99. The van der Waals surface area contributed by atoms with Gasteiger partial charge in [-0.25, -0.2) is 0 Å². The van der Waals surface area contributed by atoms with E-state index in [0.717, 1.165) is 18.6 Å². The van der Waals surface area contributed by atoms with Crippen molar-refractivity contribution < 1.29 is 14.7 Å². The number of likely N-dealkylation sites (N-methyl/N-ethyl adjacent to an activating group) is 1. The molecule has 0 bridgehead atoms. The number of hydrogen-bond acceptors (Lipinski definition) is 3. The lowest BCUT2D eigenvalue weighted by atomic mass is 10.0. The summed E-state index contributed by atoms with van der Waals surface area (Å²) in [5, 5.41) is 8.69. The van der Waals surface area contributed by atoms with Gasteiger partial charge in [-0.1, -0.05) is 0 Å². The highest BCUT2D eigenvalue weighted by molar-refractivity contribution is 8.01. The van der Waals surface area contributed by atoms with Gasteiger partial charge >= 0.3 is 5.97 Å². The molecule has 0 spiro atoms. The van der Waals surface area contributed by atoms with Crippen molar-refractivity contribution in [3.05, 3.63) is 0 Å². The van der Waals surface area contributed by atoms with Crippen LogP contribution in [0.4, 0.5) is 0 Å². The van der Waals surface area contributed by atoms with Gasteiger partial charge in [0.15, 0.2) is 0 Å². The van der Waals surface area contributed by atoms with Gasteiger partial charge in [0.05, 0.1) is 4.75 Å². The van der Waals surface area contributed by atoms with E-state index >= 15 is 0 Å². The molecule has 1 amide bonds. The van der Waals surface area contributed by atoms with Crippen molar-refractivity contribution in [1.82, 2.24) is 4.90 Å². The summed E-state index contributed by atoms with van der Waals surface area (Å²) in [6, 6.07) is 0. The number of carboxylic acid groups (broad SMARTS) is 1. The first-order chi connectivity index (χ1) is 6.99. The second-order valence-corrected chi connectivity index (χ2v) is 5.49. The molecule has 1 aliphatic heterocycles. The second kappa shape index (κ2) is 4.88. The van der Waals surface area contributed by atoms with Crippen LogP contribution in [0.25, 0.3) is 0 Å². The van der Waals surface area contributed by atoms with Gasteiger partial charge in [-0.3, -0.25) is 9.59 Å². The number of rotatable bonds is 4. The molecule has 1 atom stereocenters. The Labute approximate surface area is 94.0 Å². The Balaban J connectivity index is 2.67. The van der Waals surface area contributed by atoms with Crippen molar-refractivity contribution in [3.63, 3.8) is 0 Å². The fraction of sp³-hybridized carbons (Fsp3) is 0.800. The molecule has 1 saturated heterocycles. The van der Waals surface area contributed by atoms with Gasteiger partial charge in [0.25, 0.3) is 0 Å². The minimum absolute atomic E-state index is 0.0325. The summed E-state index contributed by atoms with van der Waals surface area (Å²) in [6.07, 6.45) is 1.89. The fourth-order valence-electron chi connectivity index (χ4n) is 1.77. The number of hydrogen-bond donors (Lipinski definition) is 1. The van der Waals surface area contributed by atoms with Gasteiger partial charge in [0, 0.05) is 6.54 Å². The monoisotopic (exact) mass is 231 g/mol. The van der Waals surface area contributed by atoms with Crippen molar-refractivity contribution in [2.75, 3.05) is 18.8 Å². The Hall–Kier alpha value is -0.710. The van der Waals surface area contributed by atoms with E-state index in [1.54, 1.807) is 11.8 Å². The van der Waals surface area contributed by atoms with E-state index < -0.39 is 10.7 Å². The third kappa shape index (κ3) is 2.87. The normalized spacial score (nSPS) is 25.2. The lowest BCUT2D eigenvalue weighted by Crippen LogP contribution is -2.45. The number of aliphatic carboxylic acids is 1. The number of thioether (sulfide) groups is 1. The summed E-state index contributed by atoms with van der Waals surface area (Å²) in [7, 11) is 0. The average Bonchev–Trinajstić information content (AvgIpc) is 2.61. The highest BCUT2D eigenvalue weighted by Gasteiger charge is 2.39. The maximum atomic E-state index is 12.1.